The predicted molar refractivity (Wildman–Crippen MR) is 129 cm³/mol. The Balaban J connectivity index is 1.42. The summed E-state index contributed by atoms with van der Waals surface area (Å²) in [5.74, 6) is 1.19. The van der Waals surface area contributed by atoms with Crippen LogP contribution in [-0.4, -0.2) is 14.5 Å². The first kappa shape index (κ1) is 18.7. The van der Waals surface area contributed by atoms with Crippen molar-refractivity contribution in [3.63, 3.8) is 0 Å². The van der Waals surface area contributed by atoms with Gasteiger partial charge in [0.15, 0.2) is 11.0 Å². The highest BCUT2D eigenvalue weighted by Gasteiger charge is 2.22. The summed E-state index contributed by atoms with van der Waals surface area (Å²) in [6, 6.07) is 33.7. The quantitative estimate of drug-likeness (QED) is 0.360. The Kier molecular flexibility index (Phi) is 4.43. The first-order valence-corrected chi connectivity index (χ1v) is 10.9. The molecule has 0 fully saturated rings. The monoisotopic (exact) mass is 415 g/mol. The third-order valence-corrected chi connectivity index (χ3v) is 6.20. The van der Waals surface area contributed by atoms with Gasteiger partial charge in [0.25, 0.3) is 5.82 Å². The summed E-state index contributed by atoms with van der Waals surface area (Å²) in [7, 11) is 0. The zero-order chi connectivity index (χ0) is 21.5. The van der Waals surface area contributed by atoms with Crippen LogP contribution in [-0.2, 0) is 13.1 Å². The molecule has 6 aromatic rings. The molecule has 0 unspecified atom stereocenters. The van der Waals surface area contributed by atoms with Gasteiger partial charge in [0, 0.05) is 17.7 Å². The smallest absolute Gasteiger partial charge is 0.249 e. The van der Waals surface area contributed by atoms with Gasteiger partial charge < -0.3 is 0 Å². The van der Waals surface area contributed by atoms with Crippen LogP contribution in [0.15, 0.2) is 97.1 Å². The second-order valence-corrected chi connectivity index (χ2v) is 8.20. The Morgan fingerprint density at radius 2 is 1.25 bits per heavy atom. The molecule has 154 valence electrons. The van der Waals surface area contributed by atoms with Crippen LogP contribution in [0.3, 0.4) is 0 Å². The maximum atomic E-state index is 4.90. The van der Waals surface area contributed by atoms with E-state index in [0.717, 1.165) is 35.5 Å². The number of benzene rings is 3. The van der Waals surface area contributed by atoms with Crippen LogP contribution >= 0.6 is 0 Å². The molecular weight excluding hydrogens is 392 g/mol. The molecule has 0 amide bonds. The number of imidazole rings is 1. The maximum Gasteiger partial charge on any atom is 0.254 e. The van der Waals surface area contributed by atoms with Gasteiger partial charge >= 0.3 is 0 Å². The van der Waals surface area contributed by atoms with Gasteiger partial charge in [0.2, 0.25) is 0 Å². The summed E-state index contributed by atoms with van der Waals surface area (Å²) in [6.45, 7) is 3.65. The number of aromatic nitrogens is 4. The molecule has 0 N–H and O–H groups in total. The molecule has 0 aliphatic carbocycles. The van der Waals surface area contributed by atoms with E-state index in [4.69, 9.17) is 9.97 Å². The van der Waals surface area contributed by atoms with Crippen LogP contribution in [0.25, 0.3) is 32.8 Å². The first-order chi connectivity index (χ1) is 15.8. The molecule has 4 nitrogen and oxygen atoms in total. The average molecular weight is 416 g/mol. The van der Waals surface area contributed by atoms with Crippen molar-refractivity contribution in [2.45, 2.75) is 20.0 Å². The highest BCUT2D eigenvalue weighted by molar-refractivity contribution is 5.79. The number of fused-ring (bicyclic) bond motifs is 3. The molecule has 32 heavy (non-hydrogen) atoms. The molecule has 0 spiro atoms. The Bertz CT molecular complexity index is 1480. The molecule has 0 saturated heterocycles. The van der Waals surface area contributed by atoms with Crippen molar-refractivity contribution >= 4 is 32.8 Å². The largest absolute Gasteiger partial charge is 0.254 e. The normalized spacial score (nSPS) is 11.5. The highest BCUT2D eigenvalue weighted by atomic mass is 15.2. The van der Waals surface area contributed by atoms with E-state index < -0.39 is 0 Å². The molecule has 6 rings (SSSR count). The zero-order valence-corrected chi connectivity index (χ0v) is 17.9. The lowest BCUT2D eigenvalue weighted by Gasteiger charge is -2.04. The minimum Gasteiger partial charge on any atom is -0.249 e. The van der Waals surface area contributed by atoms with Gasteiger partial charge in [0.1, 0.15) is 13.1 Å². The fraction of sp³-hybridized carbons (Fsp3) is 0.107. The van der Waals surface area contributed by atoms with Gasteiger partial charge in [-0.15, -0.1) is 0 Å². The van der Waals surface area contributed by atoms with Crippen LogP contribution in [0.4, 0.5) is 0 Å². The lowest BCUT2D eigenvalue weighted by molar-refractivity contribution is -0.670. The molecule has 0 aliphatic heterocycles. The van der Waals surface area contributed by atoms with E-state index in [0.29, 0.717) is 0 Å². The Morgan fingerprint density at radius 1 is 0.656 bits per heavy atom. The minimum atomic E-state index is 0.731. The Morgan fingerprint density at radius 3 is 2.00 bits per heavy atom. The van der Waals surface area contributed by atoms with Crippen molar-refractivity contribution < 1.29 is 4.57 Å². The molecule has 3 heterocycles. The van der Waals surface area contributed by atoms with Crippen molar-refractivity contribution in [1.82, 2.24) is 14.5 Å². The average Bonchev–Trinajstić information content (AvgIpc) is 3.10. The van der Waals surface area contributed by atoms with E-state index in [-0.39, 0.29) is 0 Å². The molecule has 3 aromatic heterocycles. The Labute approximate surface area is 186 Å². The number of hydrogen-bond acceptors (Lipinski definition) is 2. The molecule has 0 radical (unpaired) electrons. The summed E-state index contributed by atoms with van der Waals surface area (Å²) in [4.78, 5) is 9.81. The van der Waals surface area contributed by atoms with Crippen molar-refractivity contribution in [3.05, 3.63) is 114 Å². The number of hydrogen-bond donors (Lipinski definition) is 0. The zero-order valence-electron chi connectivity index (χ0n) is 17.9. The fourth-order valence-corrected chi connectivity index (χ4v) is 4.53. The van der Waals surface area contributed by atoms with E-state index >= 15 is 0 Å². The molecule has 0 aliphatic rings. The summed E-state index contributed by atoms with van der Waals surface area (Å²) < 4.78 is 4.71. The van der Waals surface area contributed by atoms with Crippen molar-refractivity contribution in [3.8, 4) is 0 Å². The lowest BCUT2D eigenvalue weighted by Crippen LogP contribution is -2.37. The van der Waals surface area contributed by atoms with Crippen molar-refractivity contribution in [2.24, 2.45) is 0 Å². The standard InChI is InChI=1S/C28H23N4/c1-20-31(18-23-16-14-21-8-2-4-10-25(21)29-23)27-12-6-7-13-28(27)32(20)19-24-17-15-22-9-3-5-11-26(22)30-24/h2-17H,18-19H2,1H3/q+1. The number of para-hydroxylation sites is 4. The lowest BCUT2D eigenvalue weighted by atomic mass is 10.2. The van der Waals surface area contributed by atoms with Crippen LogP contribution in [0.5, 0.6) is 0 Å². The summed E-state index contributed by atoms with van der Waals surface area (Å²) in [6.07, 6.45) is 0. The maximum absolute atomic E-state index is 4.90. The second-order valence-electron chi connectivity index (χ2n) is 8.20. The topological polar surface area (TPSA) is 34.6 Å². The SMILES string of the molecule is Cc1n(Cc2ccc3ccccc3n2)c2ccccc2[n+]1Cc1ccc2ccccc2n1. The van der Waals surface area contributed by atoms with E-state index in [1.165, 1.54) is 27.6 Å². The molecule has 0 saturated carbocycles. The predicted octanol–water partition coefficient (Wildman–Crippen LogP) is 5.43. The molecule has 4 heteroatoms. The van der Waals surface area contributed by atoms with Gasteiger partial charge in [-0.3, -0.25) is 0 Å². The van der Waals surface area contributed by atoms with E-state index in [1.807, 2.05) is 12.1 Å². The first-order valence-electron chi connectivity index (χ1n) is 10.9. The summed E-state index contributed by atoms with van der Waals surface area (Å²) in [5, 5.41) is 2.34. The molecular formula is C28H23N4+. The van der Waals surface area contributed by atoms with Gasteiger partial charge in [-0.05, 0) is 36.4 Å². The van der Waals surface area contributed by atoms with Crippen molar-refractivity contribution in [1.29, 1.82) is 0 Å². The van der Waals surface area contributed by atoms with Gasteiger partial charge in [-0.1, -0.05) is 60.7 Å². The third-order valence-electron chi connectivity index (χ3n) is 6.20. The highest BCUT2D eigenvalue weighted by Crippen LogP contribution is 2.19. The van der Waals surface area contributed by atoms with Gasteiger partial charge in [-0.25, -0.2) is 19.1 Å². The van der Waals surface area contributed by atoms with Crippen molar-refractivity contribution in [2.75, 3.05) is 0 Å². The number of rotatable bonds is 4. The number of nitrogens with zero attached hydrogens (tertiary/aromatic N) is 4. The third kappa shape index (κ3) is 3.21. The van der Waals surface area contributed by atoms with Crippen LogP contribution in [0.2, 0.25) is 0 Å². The summed E-state index contributed by atoms with van der Waals surface area (Å²) in [5.41, 5.74) is 6.60. The van der Waals surface area contributed by atoms with Gasteiger partial charge in [-0.2, -0.15) is 0 Å². The minimum absolute atomic E-state index is 0.731. The van der Waals surface area contributed by atoms with Crippen LogP contribution in [0.1, 0.15) is 17.2 Å². The van der Waals surface area contributed by atoms with Crippen LogP contribution in [0, 0.1) is 6.92 Å². The van der Waals surface area contributed by atoms with Crippen LogP contribution < -0.4 is 4.57 Å². The fourth-order valence-electron chi connectivity index (χ4n) is 4.53. The molecule has 0 atom stereocenters. The van der Waals surface area contributed by atoms with E-state index in [2.05, 4.69) is 101 Å². The molecule has 3 aromatic carbocycles. The molecule has 0 bridgehead atoms. The second kappa shape index (κ2) is 7.57. The van der Waals surface area contributed by atoms with E-state index in [9.17, 15) is 0 Å². The number of pyridine rings is 2. The Hall–Kier alpha value is -4.05. The van der Waals surface area contributed by atoms with E-state index in [1.54, 1.807) is 0 Å². The summed E-state index contributed by atoms with van der Waals surface area (Å²) >= 11 is 0. The van der Waals surface area contributed by atoms with Gasteiger partial charge in [0.05, 0.1) is 22.4 Å².